The van der Waals surface area contributed by atoms with Crippen molar-refractivity contribution < 1.29 is 4.79 Å². The van der Waals surface area contributed by atoms with Crippen LogP contribution in [0.1, 0.15) is 37.0 Å². The summed E-state index contributed by atoms with van der Waals surface area (Å²) in [5.74, 6) is 0.0293. The van der Waals surface area contributed by atoms with E-state index in [0.717, 1.165) is 22.1 Å². The molecule has 0 fully saturated rings. The van der Waals surface area contributed by atoms with Crippen LogP contribution >= 0.6 is 22.9 Å². The lowest BCUT2D eigenvalue weighted by molar-refractivity contribution is -0.123. The monoisotopic (exact) mass is 365 g/mol. The van der Waals surface area contributed by atoms with Crippen molar-refractivity contribution in [3.8, 4) is 0 Å². The van der Waals surface area contributed by atoms with Crippen molar-refractivity contribution in [2.24, 2.45) is 0 Å². The minimum Gasteiger partial charge on any atom is -0.350 e. The van der Waals surface area contributed by atoms with Crippen LogP contribution in [0.3, 0.4) is 0 Å². The molecule has 1 aromatic heterocycles. The number of carbonyl (C=O) groups is 1. The first-order valence-electron chi connectivity index (χ1n) is 7.88. The molecule has 0 atom stereocenters. The van der Waals surface area contributed by atoms with Crippen LogP contribution in [0.2, 0.25) is 5.02 Å². The largest absolute Gasteiger partial charge is 0.350 e. The summed E-state index contributed by atoms with van der Waals surface area (Å²) in [6.45, 7) is 6.97. The van der Waals surface area contributed by atoms with Crippen LogP contribution in [0.25, 0.3) is 0 Å². The molecule has 1 N–H and O–H groups in total. The molecule has 0 aliphatic carbocycles. The Bertz CT molecular complexity index is 676. The Balaban J connectivity index is 1.86. The Morgan fingerprint density at radius 1 is 1.29 bits per heavy atom. The highest BCUT2D eigenvalue weighted by Gasteiger charge is 2.15. The number of benzene rings is 1. The van der Waals surface area contributed by atoms with Crippen molar-refractivity contribution >= 4 is 28.8 Å². The Morgan fingerprint density at radius 3 is 2.58 bits per heavy atom. The highest BCUT2D eigenvalue weighted by atomic mass is 35.5. The van der Waals surface area contributed by atoms with Crippen molar-refractivity contribution in [3.05, 3.63) is 50.9 Å². The number of thiazole rings is 1. The van der Waals surface area contributed by atoms with E-state index >= 15 is 0 Å². The van der Waals surface area contributed by atoms with Crippen molar-refractivity contribution in [1.29, 1.82) is 0 Å². The predicted octanol–water partition coefficient (Wildman–Crippen LogP) is 3.73. The molecule has 1 aromatic carbocycles. The van der Waals surface area contributed by atoms with Crippen LogP contribution in [-0.2, 0) is 17.8 Å². The standard InChI is InChI=1S/C18H24ClN3OS/c1-18(2,3)21-16(23)11-22(4)10-15-12-24-17(20-15)9-13-5-7-14(19)8-6-13/h5-8,12H,9-11H2,1-4H3,(H,21,23). The van der Waals surface area contributed by atoms with Crippen molar-refractivity contribution in [1.82, 2.24) is 15.2 Å². The van der Waals surface area contributed by atoms with E-state index in [-0.39, 0.29) is 11.4 Å². The molecule has 0 saturated heterocycles. The van der Waals surface area contributed by atoms with Crippen LogP contribution in [0.15, 0.2) is 29.6 Å². The van der Waals surface area contributed by atoms with Crippen LogP contribution in [0.4, 0.5) is 0 Å². The van der Waals surface area contributed by atoms with E-state index in [1.54, 1.807) is 11.3 Å². The first-order valence-corrected chi connectivity index (χ1v) is 9.14. The Morgan fingerprint density at radius 2 is 1.96 bits per heavy atom. The summed E-state index contributed by atoms with van der Waals surface area (Å²) < 4.78 is 0. The molecule has 0 aliphatic heterocycles. The third-order valence-electron chi connectivity index (χ3n) is 3.23. The average molecular weight is 366 g/mol. The molecule has 0 unspecified atom stereocenters. The second kappa shape index (κ2) is 8.10. The van der Waals surface area contributed by atoms with Gasteiger partial charge in [-0.05, 0) is 45.5 Å². The summed E-state index contributed by atoms with van der Waals surface area (Å²) in [4.78, 5) is 18.6. The van der Waals surface area contributed by atoms with Crippen LogP contribution in [-0.4, -0.2) is 34.9 Å². The number of hydrogen-bond acceptors (Lipinski definition) is 4. The van der Waals surface area contributed by atoms with E-state index in [4.69, 9.17) is 11.6 Å². The lowest BCUT2D eigenvalue weighted by atomic mass is 10.1. The molecule has 130 valence electrons. The van der Waals surface area contributed by atoms with Gasteiger partial charge in [0.05, 0.1) is 17.2 Å². The maximum atomic E-state index is 12.0. The summed E-state index contributed by atoms with van der Waals surface area (Å²) >= 11 is 7.55. The second-order valence-corrected chi connectivity index (χ2v) is 8.39. The highest BCUT2D eigenvalue weighted by Crippen LogP contribution is 2.17. The van der Waals surface area contributed by atoms with Gasteiger partial charge in [-0.2, -0.15) is 0 Å². The minimum absolute atomic E-state index is 0.0293. The molecule has 1 amide bonds. The summed E-state index contributed by atoms with van der Waals surface area (Å²) in [6.07, 6.45) is 0.802. The Kier molecular flexibility index (Phi) is 6.38. The maximum absolute atomic E-state index is 12.0. The average Bonchev–Trinajstić information content (AvgIpc) is 2.86. The molecule has 2 aromatic rings. The first kappa shape index (κ1) is 18.9. The second-order valence-electron chi connectivity index (χ2n) is 7.01. The molecule has 0 bridgehead atoms. The van der Waals surface area contributed by atoms with E-state index in [1.807, 2.05) is 57.0 Å². The number of carbonyl (C=O) groups excluding carboxylic acids is 1. The summed E-state index contributed by atoms with van der Waals surface area (Å²) in [7, 11) is 1.93. The third-order valence-corrected chi connectivity index (χ3v) is 4.38. The molecule has 0 aliphatic rings. The van der Waals surface area contributed by atoms with Gasteiger partial charge in [0.15, 0.2) is 0 Å². The van der Waals surface area contributed by atoms with Crippen molar-refractivity contribution in [2.75, 3.05) is 13.6 Å². The van der Waals surface area contributed by atoms with Gasteiger partial charge < -0.3 is 5.32 Å². The first-order chi connectivity index (χ1) is 11.2. The molecule has 4 nitrogen and oxygen atoms in total. The molecule has 0 radical (unpaired) electrons. The molecule has 24 heavy (non-hydrogen) atoms. The molecule has 6 heteroatoms. The smallest absolute Gasteiger partial charge is 0.234 e. The fourth-order valence-corrected chi connectivity index (χ4v) is 3.26. The summed E-state index contributed by atoms with van der Waals surface area (Å²) in [6, 6.07) is 7.83. The molecule has 0 spiro atoms. The van der Waals surface area contributed by atoms with E-state index in [2.05, 4.69) is 15.7 Å². The SMILES string of the molecule is CN(CC(=O)NC(C)(C)C)Cc1csc(Cc2ccc(Cl)cc2)n1. The number of likely N-dealkylation sites (N-methyl/N-ethyl adjacent to an activating group) is 1. The van der Waals surface area contributed by atoms with Gasteiger partial charge >= 0.3 is 0 Å². The third kappa shape index (κ3) is 6.59. The number of hydrogen-bond donors (Lipinski definition) is 1. The van der Waals surface area contributed by atoms with Gasteiger partial charge in [-0.3, -0.25) is 9.69 Å². The van der Waals surface area contributed by atoms with E-state index < -0.39 is 0 Å². The normalized spacial score (nSPS) is 11.8. The number of halogens is 1. The van der Waals surface area contributed by atoms with Crippen LogP contribution in [0, 0.1) is 0 Å². The minimum atomic E-state index is -0.204. The van der Waals surface area contributed by atoms with E-state index in [0.29, 0.717) is 13.1 Å². The quantitative estimate of drug-likeness (QED) is 0.848. The van der Waals surface area contributed by atoms with Gasteiger partial charge in [0.25, 0.3) is 0 Å². The lowest BCUT2D eigenvalue weighted by Crippen LogP contribution is -2.45. The van der Waals surface area contributed by atoms with E-state index in [9.17, 15) is 4.79 Å². The number of amides is 1. The Hall–Kier alpha value is -1.43. The van der Waals surface area contributed by atoms with Gasteiger partial charge in [-0.1, -0.05) is 23.7 Å². The lowest BCUT2D eigenvalue weighted by Gasteiger charge is -2.23. The molecular weight excluding hydrogens is 342 g/mol. The number of nitrogens with zero attached hydrogens (tertiary/aromatic N) is 2. The topological polar surface area (TPSA) is 45.2 Å². The van der Waals surface area contributed by atoms with Gasteiger partial charge in [0.2, 0.25) is 5.91 Å². The van der Waals surface area contributed by atoms with E-state index in [1.165, 1.54) is 5.56 Å². The summed E-state index contributed by atoms with van der Waals surface area (Å²) in [5.41, 5.74) is 1.98. The molecular formula is C18H24ClN3OS. The van der Waals surface area contributed by atoms with Gasteiger partial charge in [-0.15, -0.1) is 11.3 Å². The Labute approximate surface area is 152 Å². The number of nitrogens with one attached hydrogen (secondary N) is 1. The fraction of sp³-hybridized carbons (Fsp3) is 0.444. The zero-order chi connectivity index (χ0) is 17.7. The van der Waals surface area contributed by atoms with Gasteiger partial charge in [0.1, 0.15) is 0 Å². The van der Waals surface area contributed by atoms with Crippen LogP contribution in [0.5, 0.6) is 0 Å². The predicted molar refractivity (Wildman–Crippen MR) is 101 cm³/mol. The number of rotatable bonds is 6. The fourth-order valence-electron chi connectivity index (χ4n) is 2.31. The van der Waals surface area contributed by atoms with Crippen molar-refractivity contribution in [3.63, 3.8) is 0 Å². The van der Waals surface area contributed by atoms with Gasteiger partial charge in [0, 0.05) is 28.9 Å². The van der Waals surface area contributed by atoms with Gasteiger partial charge in [-0.25, -0.2) is 4.98 Å². The molecule has 0 saturated carbocycles. The highest BCUT2D eigenvalue weighted by molar-refractivity contribution is 7.09. The zero-order valence-electron chi connectivity index (χ0n) is 14.6. The zero-order valence-corrected chi connectivity index (χ0v) is 16.2. The maximum Gasteiger partial charge on any atom is 0.234 e. The molecule has 1 heterocycles. The summed E-state index contributed by atoms with van der Waals surface area (Å²) in [5, 5.41) is 6.84. The molecule has 2 rings (SSSR count). The number of aromatic nitrogens is 1. The van der Waals surface area contributed by atoms with Crippen LogP contribution < -0.4 is 5.32 Å². The van der Waals surface area contributed by atoms with Crippen molar-refractivity contribution in [2.45, 2.75) is 39.3 Å².